The lowest BCUT2D eigenvalue weighted by Crippen LogP contribution is -2.25. The maximum Gasteiger partial charge on any atom is 0.251 e. The maximum absolute atomic E-state index is 12.5. The number of aromatic nitrogens is 2. The molecule has 3 aromatic rings. The molecule has 1 aliphatic rings. The fourth-order valence-corrected chi connectivity index (χ4v) is 3.29. The first-order chi connectivity index (χ1) is 12.6. The molecule has 0 unspecified atom stereocenters. The highest BCUT2D eigenvalue weighted by molar-refractivity contribution is 5.99. The summed E-state index contributed by atoms with van der Waals surface area (Å²) in [6, 6.07) is 13.1. The third-order valence-corrected chi connectivity index (χ3v) is 4.67. The second-order valence-corrected chi connectivity index (χ2v) is 6.51. The number of fused-ring (bicyclic) bond motifs is 1. The average Bonchev–Trinajstić information content (AvgIpc) is 3.26. The van der Waals surface area contributed by atoms with E-state index in [-0.39, 0.29) is 11.8 Å². The van der Waals surface area contributed by atoms with Gasteiger partial charge in [0, 0.05) is 36.1 Å². The molecule has 0 radical (unpaired) electrons. The van der Waals surface area contributed by atoms with Crippen molar-refractivity contribution in [3.05, 3.63) is 65.6 Å². The molecular weight excluding hydrogens is 328 g/mol. The Morgan fingerprint density at radius 2 is 2.08 bits per heavy atom. The van der Waals surface area contributed by atoms with Crippen molar-refractivity contribution in [1.29, 1.82) is 0 Å². The van der Waals surface area contributed by atoms with E-state index in [1.807, 2.05) is 47.9 Å². The second kappa shape index (κ2) is 6.63. The molecule has 3 heterocycles. The van der Waals surface area contributed by atoms with E-state index in [9.17, 15) is 9.59 Å². The van der Waals surface area contributed by atoms with Crippen LogP contribution in [0.25, 0.3) is 5.65 Å². The van der Waals surface area contributed by atoms with Crippen molar-refractivity contribution in [3.63, 3.8) is 0 Å². The van der Waals surface area contributed by atoms with Gasteiger partial charge in [-0.05, 0) is 43.7 Å². The monoisotopic (exact) mass is 348 g/mol. The molecule has 2 aromatic heterocycles. The molecule has 6 heteroatoms. The number of benzene rings is 1. The smallest absolute Gasteiger partial charge is 0.251 e. The van der Waals surface area contributed by atoms with Gasteiger partial charge < -0.3 is 14.6 Å². The number of nitrogens with zero attached hydrogens (tertiary/aromatic N) is 3. The van der Waals surface area contributed by atoms with E-state index >= 15 is 0 Å². The summed E-state index contributed by atoms with van der Waals surface area (Å²) in [5.41, 5.74) is 4.09. The standard InChI is InChI=1S/C20H20N4O2/c1-14-5-2-8-18-22-16(13-24(14)18)12-21-20(26)15-6-3-7-17(11-15)23-10-4-9-19(23)25/h2-3,5-8,11,13H,4,9-10,12H2,1H3,(H,21,26). The first-order valence-electron chi connectivity index (χ1n) is 8.74. The molecule has 1 saturated heterocycles. The topological polar surface area (TPSA) is 66.7 Å². The molecule has 0 atom stereocenters. The minimum atomic E-state index is -0.174. The van der Waals surface area contributed by atoms with E-state index in [0.29, 0.717) is 25.1 Å². The summed E-state index contributed by atoms with van der Waals surface area (Å²) in [7, 11) is 0. The van der Waals surface area contributed by atoms with Gasteiger partial charge in [0.05, 0.1) is 12.2 Å². The van der Waals surface area contributed by atoms with Crippen LogP contribution < -0.4 is 10.2 Å². The summed E-state index contributed by atoms with van der Waals surface area (Å²) in [5.74, 6) is -0.0603. The molecule has 2 amide bonds. The summed E-state index contributed by atoms with van der Waals surface area (Å²) in [4.78, 5) is 30.7. The second-order valence-electron chi connectivity index (χ2n) is 6.51. The molecule has 0 spiro atoms. The number of aryl methyl sites for hydroxylation is 1. The third-order valence-electron chi connectivity index (χ3n) is 4.67. The summed E-state index contributed by atoms with van der Waals surface area (Å²) in [5, 5.41) is 2.91. The minimum absolute atomic E-state index is 0.114. The molecule has 0 aliphatic carbocycles. The van der Waals surface area contributed by atoms with Gasteiger partial charge >= 0.3 is 0 Å². The molecule has 26 heavy (non-hydrogen) atoms. The van der Waals surface area contributed by atoms with Crippen LogP contribution in [0.2, 0.25) is 0 Å². The summed E-state index contributed by atoms with van der Waals surface area (Å²) >= 11 is 0. The molecule has 1 fully saturated rings. The Balaban J connectivity index is 1.47. The van der Waals surface area contributed by atoms with Crippen molar-refractivity contribution >= 4 is 23.1 Å². The number of carbonyl (C=O) groups excluding carboxylic acids is 2. The SMILES string of the molecule is Cc1cccc2nc(CNC(=O)c3cccc(N4CCCC4=O)c3)cn12. The Labute approximate surface area is 151 Å². The Bertz CT molecular complexity index is 992. The first kappa shape index (κ1) is 16.3. The third kappa shape index (κ3) is 3.06. The number of anilines is 1. The zero-order chi connectivity index (χ0) is 18.1. The zero-order valence-corrected chi connectivity index (χ0v) is 14.6. The van der Waals surface area contributed by atoms with Gasteiger partial charge in [-0.2, -0.15) is 0 Å². The average molecular weight is 348 g/mol. The number of pyridine rings is 1. The van der Waals surface area contributed by atoms with Crippen molar-refractivity contribution in [3.8, 4) is 0 Å². The largest absolute Gasteiger partial charge is 0.346 e. The molecule has 0 bridgehead atoms. The van der Waals surface area contributed by atoms with Crippen LogP contribution in [0.4, 0.5) is 5.69 Å². The van der Waals surface area contributed by atoms with E-state index in [0.717, 1.165) is 29.1 Å². The van der Waals surface area contributed by atoms with Gasteiger partial charge in [0.2, 0.25) is 5.91 Å². The van der Waals surface area contributed by atoms with E-state index in [2.05, 4.69) is 10.3 Å². The van der Waals surface area contributed by atoms with Gasteiger partial charge in [-0.1, -0.05) is 12.1 Å². The van der Waals surface area contributed by atoms with E-state index in [4.69, 9.17) is 0 Å². The molecule has 6 nitrogen and oxygen atoms in total. The molecule has 1 aliphatic heterocycles. The fraction of sp³-hybridized carbons (Fsp3) is 0.250. The lowest BCUT2D eigenvalue weighted by molar-refractivity contribution is -0.117. The number of hydrogen-bond acceptors (Lipinski definition) is 3. The normalized spacial score (nSPS) is 14.2. The van der Waals surface area contributed by atoms with Crippen molar-refractivity contribution in [2.75, 3.05) is 11.4 Å². The van der Waals surface area contributed by atoms with Gasteiger partial charge in [-0.15, -0.1) is 0 Å². The van der Waals surface area contributed by atoms with Gasteiger partial charge in [-0.25, -0.2) is 4.98 Å². The van der Waals surface area contributed by atoms with E-state index in [1.54, 1.807) is 17.0 Å². The van der Waals surface area contributed by atoms with Crippen LogP contribution in [0.5, 0.6) is 0 Å². The Hall–Kier alpha value is -3.15. The highest BCUT2D eigenvalue weighted by Crippen LogP contribution is 2.22. The number of carbonyl (C=O) groups is 2. The number of amides is 2. The lowest BCUT2D eigenvalue weighted by Gasteiger charge is -2.16. The van der Waals surface area contributed by atoms with Crippen molar-refractivity contribution in [1.82, 2.24) is 14.7 Å². The van der Waals surface area contributed by atoms with Crippen LogP contribution in [-0.4, -0.2) is 27.7 Å². The van der Waals surface area contributed by atoms with Gasteiger partial charge in [0.25, 0.3) is 5.91 Å². The van der Waals surface area contributed by atoms with Crippen LogP contribution >= 0.6 is 0 Å². The summed E-state index contributed by atoms with van der Waals surface area (Å²) in [6.45, 7) is 3.08. The first-order valence-corrected chi connectivity index (χ1v) is 8.74. The van der Waals surface area contributed by atoms with Crippen LogP contribution in [-0.2, 0) is 11.3 Å². The number of rotatable bonds is 4. The Morgan fingerprint density at radius 1 is 1.23 bits per heavy atom. The Kier molecular flexibility index (Phi) is 4.16. The molecule has 1 N–H and O–H groups in total. The lowest BCUT2D eigenvalue weighted by atomic mass is 10.1. The number of imidazole rings is 1. The van der Waals surface area contributed by atoms with Crippen molar-refractivity contribution in [2.24, 2.45) is 0 Å². The summed E-state index contributed by atoms with van der Waals surface area (Å²) in [6.07, 6.45) is 3.37. The molecular formula is C20H20N4O2. The van der Waals surface area contributed by atoms with Crippen LogP contribution in [0.1, 0.15) is 34.6 Å². The predicted molar refractivity (Wildman–Crippen MR) is 99.1 cm³/mol. The van der Waals surface area contributed by atoms with Crippen molar-refractivity contribution in [2.45, 2.75) is 26.3 Å². The quantitative estimate of drug-likeness (QED) is 0.788. The minimum Gasteiger partial charge on any atom is -0.346 e. The van der Waals surface area contributed by atoms with Crippen molar-refractivity contribution < 1.29 is 9.59 Å². The van der Waals surface area contributed by atoms with Crippen LogP contribution in [0.3, 0.4) is 0 Å². The van der Waals surface area contributed by atoms with Gasteiger partial charge in [0.15, 0.2) is 0 Å². The molecule has 1 aromatic carbocycles. The van der Waals surface area contributed by atoms with E-state index < -0.39 is 0 Å². The number of hydrogen-bond donors (Lipinski definition) is 1. The highest BCUT2D eigenvalue weighted by atomic mass is 16.2. The van der Waals surface area contributed by atoms with Gasteiger partial charge in [0.1, 0.15) is 5.65 Å². The van der Waals surface area contributed by atoms with Crippen LogP contribution in [0, 0.1) is 6.92 Å². The number of nitrogens with one attached hydrogen (secondary N) is 1. The highest BCUT2D eigenvalue weighted by Gasteiger charge is 2.22. The van der Waals surface area contributed by atoms with E-state index in [1.165, 1.54) is 0 Å². The molecule has 4 rings (SSSR count). The maximum atomic E-state index is 12.5. The predicted octanol–water partition coefficient (Wildman–Crippen LogP) is 2.70. The van der Waals surface area contributed by atoms with Gasteiger partial charge in [-0.3, -0.25) is 9.59 Å². The zero-order valence-electron chi connectivity index (χ0n) is 14.6. The Morgan fingerprint density at radius 3 is 2.85 bits per heavy atom. The molecule has 0 saturated carbocycles. The fourth-order valence-electron chi connectivity index (χ4n) is 3.29. The van der Waals surface area contributed by atoms with Crippen LogP contribution in [0.15, 0.2) is 48.7 Å². The summed E-state index contributed by atoms with van der Waals surface area (Å²) < 4.78 is 2.00. The molecule has 132 valence electrons.